The average Bonchev–Trinajstić information content (AvgIpc) is 2.17. The minimum atomic E-state index is 0.561. The van der Waals surface area contributed by atoms with Crippen LogP contribution in [-0.2, 0) is 6.54 Å². The van der Waals surface area contributed by atoms with Gasteiger partial charge in [-0.25, -0.2) is 0 Å². The van der Waals surface area contributed by atoms with Gasteiger partial charge in [-0.1, -0.05) is 0 Å². The summed E-state index contributed by atoms with van der Waals surface area (Å²) in [5.41, 5.74) is 1.05. The van der Waals surface area contributed by atoms with E-state index in [1.54, 1.807) is 12.4 Å². The molecule has 1 saturated heterocycles. The van der Waals surface area contributed by atoms with Crippen LogP contribution < -0.4 is 5.32 Å². The Morgan fingerprint density at radius 3 is 2.67 bits per heavy atom. The molecule has 15 heavy (non-hydrogen) atoms. The molecule has 0 aromatic carbocycles. The van der Waals surface area contributed by atoms with E-state index in [4.69, 9.17) is 0 Å². The van der Waals surface area contributed by atoms with E-state index in [2.05, 4.69) is 34.0 Å². The molecule has 1 fully saturated rings. The summed E-state index contributed by atoms with van der Waals surface area (Å²) in [6.07, 6.45) is 5.31. The maximum absolute atomic E-state index is 4.30. The number of hydrogen-bond donors (Lipinski definition) is 1. The van der Waals surface area contributed by atoms with Crippen molar-refractivity contribution in [3.63, 3.8) is 0 Å². The van der Waals surface area contributed by atoms with Crippen LogP contribution in [0.4, 0.5) is 0 Å². The molecule has 82 valence electrons. The topological polar surface area (TPSA) is 41.1 Å². The first-order chi connectivity index (χ1) is 7.24. The summed E-state index contributed by atoms with van der Waals surface area (Å²) in [6, 6.07) is 1.12. The molecule has 4 nitrogen and oxygen atoms in total. The molecule has 0 amide bonds. The molecule has 4 heteroatoms. The van der Waals surface area contributed by atoms with Crippen molar-refractivity contribution in [2.45, 2.75) is 32.5 Å². The van der Waals surface area contributed by atoms with Crippen LogP contribution in [0.2, 0.25) is 0 Å². The van der Waals surface area contributed by atoms with Crippen molar-refractivity contribution >= 4 is 0 Å². The number of nitrogens with zero attached hydrogens (tertiary/aromatic N) is 3. The summed E-state index contributed by atoms with van der Waals surface area (Å²) in [5, 5.41) is 3.52. The highest BCUT2D eigenvalue weighted by Gasteiger charge is 2.20. The molecule has 0 bridgehead atoms. The lowest BCUT2D eigenvalue weighted by molar-refractivity contribution is 0.165. The van der Waals surface area contributed by atoms with Gasteiger partial charge in [0.05, 0.1) is 5.69 Å². The minimum Gasteiger partial charge on any atom is -0.309 e. The van der Waals surface area contributed by atoms with Gasteiger partial charge in [0.15, 0.2) is 0 Å². The van der Waals surface area contributed by atoms with E-state index in [0.29, 0.717) is 12.1 Å². The Morgan fingerprint density at radius 2 is 2.07 bits per heavy atom. The highest BCUT2D eigenvalue weighted by Crippen LogP contribution is 2.07. The van der Waals surface area contributed by atoms with Crippen molar-refractivity contribution in [1.29, 1.82) is 0 Å². The predicted molar refractivity (Wildman–Crippen MR) is 59.4 cm³/mol. The second-order valence-electron chi connectivity index (χ2n) is 4.36. The van der Waals surface area contributed by atoms with Gasteiger partial charge in [0.1, 0.15) is 0 Å². The molecule has 0 saturated carbocycles. The van der Waals surface area contributed by atoms with Crippen LogP contribution in [0, 0.1) is 0 Å². The third-order valence-corrected chi connectivity index (χ3v) is 2.64. The van der Waals surface area contributed by atoms with Gasteiger partial charge >= 0.3 is 0 Å². The number of aromatic nitrogens is 2. The lowest BCUT2D eigenvalue weighted by Crippen LogP contribution is -2.53. The molecule has 2 unspecified atom stereocenters. The Balaban J connectivity index is 1.94. The van der Waals surface area contributed by atoms with Gasteiger partial charge in [-0.2, -0.15) is 0 Å². The molecule has 2 atom stereocenters. The Hall–Kier alpha value is -1.00. The molecule has 1 N–H and O–H groups in total. The van der Waals surface area contributed by atoms with Gasteiger partial charge < -0.3 is 5.32 Å². The monoisotopic (exact) mass is 206 g/mol. The molecular weight excluding hydrogens is 188 g/mol. The quantitative estimate of drug-likeness (QED) is 0.771. The maximum Gasteiger partial charge on any atom is 0.0726 e. The van der Waals surface area contributed by atoms with Crippen LogP contribution in [-0.4, -0.2) is 40.0 Å². The van der Waals surface area contributed by atoms with Gasteiger partial charge in [-0.05, 0) is 13.8 Å². The lowest BCUT2D eigenvalue weighted by atomic mass is 10.1. The molecule has 0 spiro atoms. The van der Waals surface area contributed by atoms with Crippen molar-refractivity contribution in [3.8, 4) is 0 Å². The molecular formula is C11H18N4. The number of nitrogens with one attached hydrogen (secondary N) is 1. The van der Waals surface area contributed by atoms with Crippen molar-refractivity contribution in [2.24, 2.45) is 0 Å². The Labute approximate surface area is 90.7 Å². The predicted octanol–water partition coefficient (Wildman–Crippen LogP) is 0.659. The molecule has 0 radical (unpaired) electrons. The number of rotatable bonds is 2. The zero-order valence-electron chi connectivity index (χ0n) is 9.35. The summed E-state index contributed by atoms with van der Waals surface area (Å²) < 4.78 is 0. The van der Waals surface area contributed by atoms with E-state index in [1.807, 2.05) is 6.20 Å². The first-order valence-corrected chi connectivity index (χ1v) is 5.47. The summed E-state index contributed by atoms with van der Waals surface area (Å²) in [6.45, 7) is 7.52. The van der Waals surface area contributed by atoms with Crippen molar-refractivity contribution in [2.75, 3.05) is 13.1 Å². The van der Waals surface area contributed by atoms with E-state index in [9.17, 15) is 0 Å². The van der Waals surface area contributed by atoms with Gasteiger partial charge in [-0.15, -0.1) is 0 Å². The molecule has 2 rings (SSSR count). The van der Waals surface area contributed by atoms with E-state index in [0.717, 1.165) is 25.3 Å². The highest BCUT2D eigenvalue weighted by molar-refractivity contribution is 4.95. The van der Waals surface area contributed by atoms with E-state index < -0.39 is 0 Å². The van der Waals surface area contributed by atoms with Crippen LogP contribution in [0.15, 0.2) is 18.6 Å². The fraction of sp³-hybridized carbons (Fsp3) is 0.636. The SMILES string of the molecule is CC1CN(Cc2cnccn2)CC(C)N1. The molecule has 1 aromatic heterocycles. The second-order valence-corrected chi connectivity index (χ2v) is 4.36. The first kappa shape index (κ1) is 10.5. The first-order valence-electron chi connectivity index (χ1n) is 5.47. The highest BCUT2D eigenvalue weighted by atomic mass is 15.2. The Bertz CT molecular complexity index is 291. The zero-order chi connectivity index (χ0) is 10.7. The average molecular weight is 206 g/mol. The summed E-state index contributed by atoms with van der Waals surface area (Å²) in [4.78, 5) is 10.8. The summed E-state index contributed by atoms with van der Waals surface area (Å²) in [5.74, 6) is 0. The molecule has 1 aliphatic heterocycles. The largest absolute Gasteiger partial charge is 0.309 e. The normalized spacial score (nSPS) is 27.9. The van der Waals surface area contributed by atoms with Gasteiger partial charge in [0, 0.05) is 50.3 Å². The molecule has 1 aromatic rings. The Morgan fingerprint density at radius 1 is 1.33 bits per heavy atom. The Kier molecular flexibility index (Phi) is 3.28. The van der Waals surface area contributed by atoms with Crippen LogP contribution in [0.1, 0.15) is 19.5 Å². The van der Waals surface area contributed by atoms with Gasteiger partial charge in [-0.3, -0.25) is 14.9 Å². The van der Waals surface area contributed by atoms with Crippen molar-refractivity contribution < 1.29 is 0 Å². The van der Waals surface area contributed by atoms with Gasteiger partial charge in [0.2, 0.25) is 0 Å². The van der Waals surface area contributed by atoms with E-state index in [1.165, 1.54) is 0 Å². The molecule has 0 aliphatic carbocycles. The van der Waals surface area contributed by atoms with Crippen LogP contribution >= 0.6 is 0 Å². The smallest absolute Gasteiger partial charge is 0.0726 e. The fourth-order valence-electron chi connectivity index (χ4n) is 2.21. The number of hydrogen-bond acceptors (Lipinski definition) is 4. The second kappa shape index (κ2) is 4.68. The van der Waals surface area contributed by atoms with Crippen LogP contribution in [0.25, 0.3) is 0 Å². The zero-order valence-corrected chi connectivity index (χ0v) is 9.35. The van der Waals surface area contributed by atoms with E-state index in [-0.39, 0.29) is 0 Å². The molecule has 2 heterocycles. The van der Waals surface area contributed by atoms with Gasteiger partial charge in [0.25, 0.3) is 0 Å². The van der Waals surface area contributed by atoms with E-state index >= 15 is 0 Å². The standard InChI is InChI=1S/C11H18N4/c1-9-6-15(7-10(2)14-9)8-11-5-12-3-4-13-11/h3-5,9-10,14H,6-8H2,1-2H3. The summed E-state index contributed by atoms with van der Waals surface area (Å²) in [7, 11) is 0. The lowest BCUT2D eigenvalue weighted by Gasteiger charge is -2.35. The fourth-order valence-corrected chi connectivity index (χ4v) is 2.21. The third kappa shape index (κ3) is 2.97. The van der Waals surface area contributed by atoms with Crippen molar-refractivity contribution in [3.05, 3.63) is 24.3 Å². The van der Waals surface area contributed by atoms with Crippen LogP contribution in [0.3, 0.4) is 0 Å². The summed E-state index contributed by atoms with van der Waals surface area (Å²) >= 11 is 0. The van der Waals surface area contributed by atoms with Crippen LogP contribution in [0.5, 0.6) is 0 Å². The number of piperazine rings is 1. The maximum atomic E-state index is 4.30. The minimum absolute atomic E-state index is 0.561. The molecule has 1 aliphatic rings. The third-order valence-electron chi connectivity index (χ3n) is 2.64. The van der Waals surface area contributed by atoms with Crippen molar-refractivity contribution in [1.82, 2.24) is 20.2 Å².